The van der Waals surface area contributed by atoms with E-state index >= 15 is 0 Å². The quantitative estimate of drug-likeness (QED) is 0.0783. The van der Waals surface area contributed by atoms with E-state index in [2.05, 4.69) is 62.4 Å². The summed E-state index contributed by atoms with van der Waals surface area (Å²) in [5.41, 5.74) is 11.6. The highest BCUT2D eigenvalue weighted by Crippen LogP contribution is 2.44. The predicted octanol–water partition coefficient (Wildman–Crippen LogP) is 26.0. The Kier molecular flexibility index (Phi) is 40.9. The fourth-order valence-corrected chi connectivity index (χ4v) is 18.1. The molecule has 6 aliphatic heterocycles. The number of unbranched alkanes of at least 4 members (excludes halogenated alkanes) is 1. The molecule has 7 aliphatic rings. The van der Waals surface area contributed by atoms with Gasteiger partial charge in [-0.1, -0.05) is 50.1 Å². The number of benzene rings is 8. The number of nitrogens with two attached hydrogens (primary N) is 1. The topological polar surface area (TPSA) is 64.9 Å². The van der Waals surface area contributed by atoms with Crippen LogP contribution < -0.4 is 44.9 Å². The molecule has 0 radical (unpaired) electrons. The Bertz CT molecular complexity index is 5120. The summed E-state index contributed by atoms with van der Waals surface area (Å²) < 4.78 is 270. The first kappa shape index (κ1) is 113. The molecule has 0 aromatic heterocycles. The third-order valence-corrected chi connectivity index (χ3v) is 26.1. The zero-order valence-corrected chi connectivity index (χ0v) is 82.5. The fraction of sp³-hybridized carbons (Fsp3) is 0.538. The van der Waals surface area contributed by atoms with Crippen molar-refractivity contribution in [3.05, 3.63) is 235 Å². The number of hydrogen-bond acceptors (Lipinski definition) is 13. The summed E-state index contributed by atoms with van der Waals surface area (Å²) in [6.07, 6.45) is -19.1. The Balaban J connectivity index is 0.000000182. The van der Waals surface area contributed by atoms with E-state index in [1.54, 1.807) is 72.7 Å². The molecule has 139 heavy (non-hydrogen) atoms. The lowest BCUT2D eigenvalue weighted by Gasteiger charge is -2.37. The van der Waals surface area contributed by atoms with Gasteiger partial charge >= 0.3 is 43.2 Å². The van der Waals surface area contributed by atoms with Crippen molar-refractivity contribution in [2.45, 2.75) is 182 Å². The van der Waals surface area contributed by atoms with E-state index in [9.17, 15) is 92.2 Å². The van der Waals surface area contributed by atoms with Gasteiger partial charge in [0.15, 0.2) is 0 Å². The normalized spacial score (nSPS) is 17.4. The number of likely N-dealkylation sites (N-methyl/N-ethyl adjacent to an activating group) is 1. The van der Waals surface area contributed by atoms with Gasteiger partial charge in [0, 0.05) is 191 Å². The van der Waals surface area contributed by atoms with E-state index in [0.29, 0.717) is 91.3 Å². The molecular formula is C104H135ClF21N13. The first-order valence-electron chi connectivity index (χ1n) is 47.6. The summed E-state index contributed by atoms with van der Waals surface area (Å²) in [6, 6.07) is 38.8. The van der Waals surface area contributed by atoms with Crippen LogP contribution in [0.15, 0.2) is 152 Å². The zero-order chi connectivity index (χ0) is 102. The number of halogens is 22. The minimum absolute atomic E-state index is 0.0600. The zero-order valence-electron chi connectivity index (χ0n) is 81.8. The molecule has 8 aromatic carbocycles. The molecule has 1 unspecified atom stereocenters. The lowest BCUT2D eigenvalue weighted by molar-refractivity contribution is -0.138. The monoisotopic (exact) mass is 2000 g/mol. The van der Waals surface area contributed by atoms with E-state index < -0.39 is 82.2 Å². The van der Waals surface area contributed by atoms with Crippen LogP contribution >= 0.6 is 11.6 Å². The van der Waals surface area contributed by atoms with Gasteiger partial charge in [0.2, 0.25) is 0 Å². The number of hydrogen-bond donors (Lipinski definition) is 1. The Labute approximate surface area is 810 Å². The Morgan fingerprint density at radius 1 is 0.338 bits per heavy atom. The fourth-order valence-electron chi connectivity index (χ4n) is 17.7. The Morgan fingerprint density at radius 3 is 1.09 bits per heavy atom. The van der Waals surface area contributed by atoms with Crippen molar-refractivity contribution in [2.75, 3.05) is 218 Å². The molecule has 1 atom stereocenters. The highest BCUT2D eigenvalue weighted by Gasteiger charge is 2.40. The van der Waals surface area contributed by atoms with Crippen molar-refractivity contribution in [2.24, 2.45) is 11.7 Å². The number of aryl methyl sites for hydroxylation is 7. The van der Waals surface area contributed by atoms with Gasteiger partial charge in [-0.05, 0) is 324 Å². The molecule has 35 heteroatoms. The van der Waals surface area contributed by atoms with Crippen LogP contribution in [0.2, 0.25) is 5.02 Å². The van der Waals surface area contributed by atoms with E-state index in [4.69, 9.17) is 17.3 Å². The van der Waals surface area contributed by atoms with Crippen molar-refractivity contribution in [3.8, 4) is 0 Å². The van der Waals surface area contributed by atoms with E-state index in [1.807, 2.05) is 86.9 Å². The van der Waals surface area contributed by atoms with E-state index in [0.717, 1.165) is 200 Å². The molecule has 1 saturated carbocycles. The molecule has 6 heterocycles. The summed E-state index contributed by atoms with van der Waals surface area (Å²) in [5, 5.41) is -0.172. The van der Waals surface area contributed by atoms with Gasteiger partial charge in [-0.25, -0.2) is 0 Å². The minimum atomic E-state index is -4.41. The van der Waals surface area contributed by atoms with Gasteiger partial charge in [0.05, 0.1) is 49.7 Å². The van der Waals surface area contributed by atoms with Crippen LogP contribution in [-0.4, -0.2) is 210 Å². The minimum Gasteiger partial charge on any atom is -0.375 e. The standard InChI is InChI=1S/C18H19F3N2.C16H20ClF3N2.3C15H21F3N2.C13H18F3N.C12H15F3N2/c1-14-11-15(18(19,20)21)13-17(12-14)23-9-7-22(8-10-23)16-5-3-2-4-6-16;1-11-8-13(16(18,19)20)15(17)14(9-11)22-6-4-21(5-7-22)10-12-2-3-12;1-11-8-12(15(16,17)18)10-14(9-11)20(3)13-4-6-19(2)7-5-13;1-12-9-13(15(16,17)18)11-14(10-12)19(2)7-8-20-5-3-4-6-20;1-3-4-19-5-7-20(8-6-19)14-10-12(2)9-13(11-14)15(16,17)18;1-4-5-6-17(3)12-8-10(2)7-11(9-12)13(14,15)16;1-8-4-9(12(13,14)15)6-11(5-8)17-3-2-10(16)7-17/h2-6,11-13H,7-10H2,1H3;8-9,12H,2-7,10H2,1H3;8-10,13H,4-7H2,1-3H3;2*9-11H,3-8H2,1-2H3;7-9H,4-6H2,1-3H3;4-6,10H,2-3,7,16H2,1H3. The second-order valence-electron chi connectivity index (χ2n) is 37.7. The van der Waals surface area contributed by atoms with Crippen LogP contribution in [0.5, 0.6) is 0 Å². The number of likely N-dealkylation sites (tertiary alicyclic amines) is 2. The number of rotatable bonds is 19. The number of para-hydroxylation sites is 1. The van der Waals surface area contributed by atoms with Crippen LogP contribution in [0.3, 0.4) is 0 Å². The van der Waals surface area contributed by atoms with Crippen LogP contribution in [0.25, 0.3) is 0 Å². The third kappa shape index (κ3) is 36.0. The first-order chi connectivity index (χ1) is 65.0. The Morgan fingerprint density at radius 2 is 0.698 bits per heavy atom. The van der Waals surface area contributed by atoms with Crippen molar-refractivity contribution in [1.29, 1.82) is 0 Å². The first-order valence-corrected chi connectivity index (χ1v) is 48.0. The number of nitrogens with zero attached hydrogens (tertiary/aromatic N) is 12. The summed E-state index contributed by atoms with van der Waals surface area (Å²) >= 11 is 6.05. The highest BCUT2D eigenvalue weighted by atomic mass is 35.5. The second-order valence-corrected chi connectivity index (χ2v) is 38.1. The van der Waals surface area contributed by atoms with Crippen molar-refractivity contribution in [3.63, 3.8) is 0 Å². The molecule has 770 valence electrons. The molecule has 8 aromatic rings. The van der Waals surface area contributed by atoms with Gasteiger partial charge in [0.25, 0.3) is 0 Å². The van der Waals surface area contributed by atoms with Gasteiger partial charge in [-0.15, -0.1) is 0 Å². The lowest BCUT2D eigenvalue weighted by atomic mass is 10.0. The molecule has 0 bridgehead atoms. The summed E-state index contributed by atoms with van der Waals surface area (Å²) in [4.78, 5) is 25.4. The van der Waals surface area contributed by atoms with Crippen LogP contribution in [0.1, 0.15) is 156 Å². The average molecular weight is 2000 g/mol. The average Bonchev–Trinajstić information content (AvgIpc) is 1.59. The summed E-state index contributed by atoms with van der Waals surface area (Å²) in [7, 11) is 7.64. The maximum Gasteiger partial charge on any atom is 0.417 e. The number of piperidine rings is 1. The molecule has 1 aliphatic carbocycles. The van der Waals surface area contributed by atoms with Crippen LogP contribution in [-0.2, 0) is 43.2 Å². The number of piperazine rings is 3. The molecular weight excluding hydrogens is 1870 g/mol. The van der Waals surface area contributed by atoms with Gasteiger partial charge in [-0.3, -0.25) is 9.80 Å². The van der Waals surface area contributed by atoms with Gasteiger partial charge in [0.1, 0.15) is 0 Å². The molecule has 13 nitrogen and oxygen atoms in total. The lowest BCUT2D eigenvalue weighted by Crippen LogP contribution is -2.47. The van der Waals surface area contributed by atoms with E-state index in [1.165, 1.54) is 98.5 Å². The van der Waals surface area contributed by atoms with Gasteiger partial charge < -0.3 is 54.7 Å². The molecule has 6 saturated heterocycles. The largest absolute Gasteiger partial charge is 0.417 e. The molecule has 15 rings (SSSR count). The second kappa shape index (κ2) is 50.1. The maximum atomic E-state index is 13.1. The predicted molar refractivity (Wildman–Crippen MR) is 520 cm³/mol. The smallest absolute Gasteiger partial charge is 0.375 e. The SMILES string of the molecule is CCCCN(C)c1cc(C)cc(C(F)(F)F)c1.CCCN1CCN(c2cc(C)cc(C(F)(F)F)c2)CC1.Cc1cc(N(C)C2CCN(C)CC2)cc(C(F)(F)F)c1.Cc1cc(N(C)CCN2CCCC2)cc(C(F)(F)F)c1.Cc1cc(N2CCC(N)C2)cc(C(F)(F)F)c1.Cc1cc(N2CCN(CC3CC3)CC2)c(Cl)c(C(F)(F)F)c1.Cc1cc(N2CCN(c3ccccc3)CC2)cc(C(F)(F)F)c1. The third-order valence-electron chi connectivity index (χ3n) is 25.7. The summed E-state index contributed by atoms with van der Waals surface area (Å²) in [5.74, 6) is 0.839. The van der Waals surface area contributed by atoms with Crippen LogP contribution in [0.4, 0.5) is 138 Å². The maximum absolute atomic E-state index is 13.1. The molecule has 7 fully saturated rings. The molecule has 2 N–H and O–H groups in total. The molecule has 0 amide bonds. The number of anilines is 8. The Hall–Kier alpha value is -9.22. The van der Waals surface area contributed by atoms with Crippen molar-refractivity contribution in [1.82, 2.24) is 19.6 Å². The van der Waals surface area contributed by atoms with Crippen molar-refractivity contribution < 1.29 is 92.2 Å². The highest BCUT2D eigenvalue weighted by molar-refractivity contribution is 6.34. The van der Waals surface area contributed by atoms with Crippen LogP contribution in [0, 0.1) is 54.4 Å². The summed E-state index contributed by atoms with van der Waals surface area (Å²) in [6.45, 7) is 36.0. The molecule has 0 spiro atoms. The number of alkyl halides is 21. The van der Waals surface area contributed by atoms with Gasteiger partial charge in [-0.2, -0.15) is 92.2 Å². The van der Waals surface area contributed by atoms with Crippen molar-refractivity contribution >= 4 is 57.1 Å². The van der Waals surface area contributed by atoms with E-state index in [-0.39, 0.29) is 11.1 Å².